The molecule has 2 N–H and O–H groups in total. The van der Waals surface area contributed by atoms with Crippen LogP contribution >= 0.6 is 0 Å². The van der Waals surface area contributed by atoms with Gasteiger partial charge < -0.3 is 10.5 Å². The van der Waals surface area contributed by atoms with E-state index in [1.807, 2.05) is 25.5 Å². The van der Waals surface area contributed by atoms with Gasteiger partial charge in [0.2, 0.25) is 0 Å². The maximum Gasteiger partial charge on any atom is 0.0624 e. The number of nitrogens with two attached hydrogens (primary N) is 1. The van der Waals surface area contributed by atoms with Crippen LogP contribution in [0.3, 0.4) is 0 Å². The second kappa shape index (κ2) is 6.01. The Morgan fingerprint density at radius 2 is 2.19 bits per heavy atom. The maximum absolute atomic E-state index is 6.02. The van der Waals surface area contributed by atoms with Gasteiger partial charge in [-0.2, -0.15) is 5.10 Å². The van der Waals surface area contributed by atoms with Crippen molar-refractivity contribution in [2.75, 3.05) is 6.61 Å². The normalized spacial score (nSPS) is 13.4. The lowest BCUT2D eigenvalue weighted by Gasteiger charge is -2.14. The lowest BCUT2D eigenvalue weighted by molar-refractivity contribution is 0.0681. The van der Waals surface area contributed by atoms with Crippen LogP contribution in [0.5, 0.6) is 0 Å². The zero-order chi connectivity index (χ0) is 12.1. The summed E-state index contributed by atoms with van der Waals surface area (Å²) in [6.45, 7) is 9.63. The topological polar surface area (TPSA) is 53.1 Å². The second-order valence-electron chi connectivity index (χ2n) is 4.44. The van der Waals surface area contributed by atoms with Gasteiger partial charge in [-0.25, -0.2) is 0 Å². The largest absolute Gasteiger partial charge is 0.377 e. The lowest BCUT2D eigenvalue weighted by atomic mass is 10.1. The Hall–Kier alpha value is -0.870. The van der Waals surface area contributed by atoms with Crippen molar-refractivity contribution in [2.24, 2.45) is 5.73 Å². The van der Waals surface area contributed by atoms with E-state index in [0.29, 0.717) is 6.61 Å². The van der Waals surface area contributed by atoms with Crippen molar-refractivity contribution in [3.05, 3.63) is 17.5 Å². The van der Waals surface area contributed by atoms with Gasteiger partial charge in [-0.05, 0) is 33.8 Å². The SMILES string of the molecule is CCn1nc(C)cc1CC(N)COC(C)C. The minimum atomic E-state index is 0.0452. The summed E-state index contributed by atoms with van der Waals surface area (Å²) in [6, 6.07) is 2.14. The van der Waals surface area contributed by atoms with Crippen LogP contribution in [0.1, 0.15) is 32.2 Å². The standard InChI is InChI=1S/C12H23N3O/c1-5-15-12(6-10(4)14-15)7-11(13)8-16-9(2)3/h6,9,11H,5,7-8,13H2,1-4H3. The molecule has 1 rings (SSSR count). The van der Waals surface area contributed by atoms with E-state index in [1.54, 1.807) is 0 Å². The highest BCUT2D eigenvalue weighted by atomic mass is 16.5. The van der Waals surface area contributed by atoms with Crippen LogP contribution in [0.4, 0.5) is 0 Å². The van der Waals surface area contributed by atoms with Gasteiger partial charge >= 0.3 is 0 Å². The molecule has 16 heavy (non-hydrogen) atoms. The molecule has 0 saturated carbocycles. The molecule has 0 aliphatic rings. The van der Waals surface area contributed by atoms with Crippen molar-refractivity contribution in [2.45, 2.75) is 52.8 Å². The van der Waals surface area contributed by atoms with Crippen LogP contribution in [0.2, 0.25) is 0 Å². The lowest BCUT2D eigenvalue weighted by Crippen LogP contribution is -2.31. The molecule has 0 amide bonds. The first-order valence-corrected chi connectivity index (χ1v) is 5.93. The van der Waals surface area contributed by atoms with Crippen LogP contribution in [0, 0.1) is 6.92 Å². The fourth-order valence-electron chi connectivity index (χ4n) is 1.68. The summed E-state index contributed by atoms with van der Waals surface area (Å²) in [6.07, 6.45) is 1.06. The Labute approximate surface area is 97.8 Å². The second-order valence-corrected chi connectivity index (χ2v) is 4.44. The van der Waals surface area contributed by atoms with Crippen molar-refractivity contribution in [3.8, 4) is 0 Å². The van der Waals surface area contributed by atoms with Crippen molar-refractivity contribution >= 4 is 0 Å². The number of nitrogens with zero attached hydrogens (tertiary/aromatic N) is 2. The third-order valence-electron chi connectivity index (χ3n) is 2.40. The first-order chi connectivity index (χ1) is 7.52. The summed E-state index contributed by atoms with van der Waals surface area (Å²) in [7, 11) is 0. The molecule has 0 aliphatic heterocycles. The van der Waals surface area contributed by atoms with Crippen LogP contribution in [-0.4, -0.2) is 28.5 Å². The monoisotopic (exact) mass is 225 g/mol. The number of aromatic nitrogens is 2. The summed E-state index contributed by atoms with van der Waals surface area (Å²) < 4.78 is 7.51. The molecule has 0 aromatic carbocycles. The van der Waals surface area contributed by atoms with Crippen LogP contribution in [-0.2, 0) is 17.7 Å². The first kappa shape index (κ1) is 13.2. The van der Waals surface area contributed by atoms with E-state index in [4.69, 9.17) is 10.5 Å². The Morgan fingerprint density at radius 1 is 1.50 bits per heavy atom. The fourth-order valence-corrected chi connectivity index (χ4v) is 1.68. The molecular formula is C12H23N3O. The van der Waals surface area contributed by atoms with Gasteiger partial charge in [-0.15, -0.1) is 0 Å². The number of aryl methyl sites for hydroxylation is 2. The van der Waals surface area contributed by atoms with E-state index < -0.39 is 0 Å². The van der Waals surface area contributed by atoms with E-state index in [9.17, 15) is 0 Å². The Morgan fingerprint density at radius 3 is 2.75 bits per heavy atom. The molecule has 4 heteroatoms. The third-order valence-corrected chi connectivity index (χ3v) is 2.40. The van der Waals surface area contributed by atoms with Gasteiger partial charge in [0.15, 0.2) is 0 Å². The molecule has 92 valence electrons. The Balaban J connectivity index is 2.51. The number of ether oxygens (including phenoxy) is 1. The van der Waals surface area contributed by atoms with Gasteiger partial charge in [0.25, 0.3) is 0 Å². The van der Waals surface area contributed by atoms with Gasteiger partial charge in [0.1, 0.15) is 0 Å². The maximum atomic E-state index is 6.02. The fraction of sp³-hybridized carbons (Fsp3) is 0.750. The molecule has 1 unspecified atom stereocenters. The molecule has 1 atom stereocenters. The molecule has 0 radical (unpaired) electrons. The van der Waals surface area contributed by atoms with Crippen molar-refractivity contribution in [1.82, 2.24) is 9.78 Å². The van der Waals surface area contributed by atoms with E-state index in [0.717, 1.165) is 18.7 Å². The molecule has 0 saturated heterocycles. The third kappa shape index (κ3) is 3.94. The Bertz CT molecular complexity index is 320. The van der Waals surface area contributed by atoms with Gasteiger partial charge in [-0.3, -0.25) is 4.68 Å². The molecule has 0 aliphatic carbocycles. The van der Waals surface area contributed by atoms with Crippen molar-refractivity contribution in [1.29, 1.82) is 0 Å². The molecule has 0 spiro atoms. The van der Waals surface area contributed by atoms with E-state index >= 15 is 0 Å². The highest BCUT2D eigenvalue weighted by Gasteiger charge is 2.10. The van der Waals surface area contributed by atoms with E-state index in [1.165, 1.54) is 5.69 Å². The average molecular weight is 225 g/mol. The number of hydrogen-bond donors (Lipinski definition) is 1. The molecular weight excluding hydrogens is 202 g/mol. The van der Waals surface area contributed by atoms with Gasteiger partial charge in [0, 0.05) is 24.7 Å². The molecule has 0 bridgehead atoms. The minimum Gasteiger partial charge on any atom is -0.377 e. The zero-order valence-corrected chi connectivity index (χ0v) is 10.7. The average Bonchev–Trinajstić information content (AvgIpc) is 2.55. The van der Waals surface area contributed by atoms with Gasteiger partial charge in [-0.1, -0.05) is 0 Å². The zero-order valence-electron chi connectivity index (χ0n) is 10.7. The minimum absolute atomic E-state index is 0.0452. The van der Waals surface area contributed by atoms with Crippen molar-refractivity contribution in [3.63, 3.8) is 0 Å². The number of hydrogen-bond acceptors (Lipinski definition) is 3. The van der Waals surface area contributed by atoms with E-state index in [-0.39, 0.29) is 12.1 Å². The predicted octanol–water partition coefficient (Wildman–Crippen LogP) is 1.51. The highest BCUT2D eigenvalue weighted by Crippen LogP contribution is 2.06. The van der Waals surface area contributed by atoms with E-state index in [2.05, 4.69) is 18.1 Å². The smallest absolute Gasteiger partial charge is 0.0624 e. The summed E-state index contributed by atoms with van der Waals surface area (Å²) in [4.78, 5) is 0. The summed E-state index contributed by atoms with van der Waals surface area (Å²) in [5.74, 6) is 0. The summed E-state index contributed by atoms with van der Waals surface area (Å²) in [5.41, 5.74) is 8.26. The Kier molecular flexibility index (Phi) is 4.96. The summed E-state index contributed by atoms with van der Waals surface area (Å²) >= 11 is 0. The van der Waals surface area contributed by atoms with Crippen LogP contribution in [0.15, 0.2) is 6.07 Å². The number of rotatable bonds is 6. The van der Waals surface area contributed by atoms with Crippen molar-refractivity contribution < 1.29 is 4.74 Å². The predicted molar refractivity (Wildman–Crippen MR) is 65.4 cm³/mol. The highest BCUT2D eigenvalue weighted by molar-refractivity contribution is 5.10. The summed E-state index contributed by atoms with van der Waals surface area (Å²) in [5, 5.41) is 4.40. The molecule has 0 fully saturated rings. The molecule has 4 nitrogen and oxygen atoms in total. The molecule has 1 heterocycles. The molecule has 1 aromatic heterocycles. The quantitative estimate of drug-likeness (QED) is 0.798. The van der Waals surface area contributed by atoms with Crippen LogP contribution in [0.25, 0.3) is 0 Å². The molecule has 1 aromatic rings. The van der Waals surface area contributed by atoms with Gasteiger partial charge in [0.05, 0.1) is 18.4 Å². The first-order valence-electron chi connectivity index (χ1n) is 5.93. The van der Waals surface area contributed by atoms with Crippen LogP contribution < -0.4 is 5.73 Å².